The van der Waals surface area contributed by atoms with E-state index < -0.39 is 41.8 Å². The second-order valence-corrected chi connectivity index (χ2v) is 11.0. The van der Waals surface area contributed by atoms with E-state index in [4.69, 9.17) is 14.2 Å². The van der Waals surface area contributed by atoms with Gasteiger partial charge in [0.25, 0.3) is 5.91 Å². The fraction of sp³-hybridized carbons (Fsp3) is 0.556. The van der Waals surface area contributed by atoms with E-state index in [1.165, 1.54) is 19.4 Å². The average molecular weight is 562 g/mol. The third-order valence-corrected chi connectivity index (χ3v) is 6.79. The summed E-state index contributed by atoms with van der Waals surface area (Å²) in [6, 6.07) is 3.15. The van der Waals surface area contributed by atoms with Gasteiger partial charge in [0, 0.05) is 38.4 Å². The van der Waals surface area contributed by atoms with Gasteiger partial charge in [-0.3, -0.25) is 9.69 Å². The SMILES string of the molecule is COCOc1cc2c(cn1)C[C@](O)([C@H](O)CNC(=O)c1cc(NC3CCC3)ncc1F)N(C(=O)OC(C)(C)C)C2. The molecule has 218 valence electrons. The Morgan fingerprint density at radius 1 is 1.23 bits per heavy atom. The first-order valence-electron chi connectivity index (χ1n) is 13.1. The number of fused-ring (bicyclic) bond motifs is 1. The number of aromatic nitrogens is 2. The van der Waals surface area contributed by atoms with Crippen molar-refractivity contribution in [3.05, 3.63) is 47.0 Å². The molecule has 0 spiro atoms. The van der Waals surface area contributed by atoms with Crippen LogP contribution >= 0.6 is 0 Å². The van der Waals surface area contributed by atoms with Crippen molar-refractivity contribution in [2.45, 2.75) is 76.5 Å². The maximum Gasteiger partial charge on any atom is 0.412 e. The van der Waals surface area contributed by atoms with E-state index >= 15 is 0 Å². The maximum atomic E-state index is 14.5. The molecule has 4 N–H and O–H groups in total. The number of aliphatic hydroxyl groups is 2. The van der Waals surface area contributed by atoms with Gasteiger partial charge in [-0.2, -0.15) is 0 Å². The van der Waals surface area contributed by atoms with Gasteiger partial charge in [-0.05, 0) is 57.2 Å². The number of hydrogen-bond acceptors (Lipinski definition) is 10. The minimum absolute atomic E-state index is 0.0277. The number of methoxy groups -OCH3 is 1. The summed E-state index contributed by atoms with van der Waals surface area (Å²) in [5, 5.41) is 28.4. The van der Waals surface area contributed by atoms with E-state index in [2.05, 4.69) is 20.6 Å². The fourth-order valence-corrected chi connectivity index (χ4v) is 4.43. The van der Waals surface area contributed by atoms with Crippen LogP contribution in [0.15, 0.2) is 24.5 Å². The Labute approximate surface area is 231 Å². The van der Waals surface area contributed by atoms with Crippen LogP contribution in [0, 0.1) is 5.82 Å². The summed E-state index contributed by atoms with van der Waals surface area (Å²) in [6.07, 6.45) is 2.73. The van der Waals surface area contributed by atoms with E-state index in [1.54, 1.807) is 26.8 Å². The number of rotatable bonds is 9. The van der Waals surface area contributed by atoms with E-state index in [0.29, 0.717) is 16.9 Å². The van der Waals surface area contributed by atoms with Crippen molar-refractivity contribution < 1.29 is 38.4 Å². The molecule has 3 heterocycles. The van der Waals surface area contributed by atoms with Gasteiger partial charge in [0.05, 0.1) is 18.3 Å². The zero-order valence-electron chi connectivity index (χ0n) is 23.1. The van der Waals surface area contributed by atoms with Gasteiger partial charge in [0.15, 0.2) is 18.3 Å². The van der Waals surface area contributed by atoms with Gasteiger partial charge in [-0.1, -0.05) is 0 Å². The summed E-state index contributed by atoms with van der Waals surface area (Å²) in [5.74, 6) is -1.00. The Morgan fingerprint density at radius 2 is 1.98 bits per heavy atom. The van der Waals surface area contributed by atoms with Crippen LogP contribution in [0.5, 0.6) is 5.88 Å². The molecule has 4 rings (SSSR count). The molecule has 13 heteroatoms. The largest absolute Gasteiger partial charge is 0.451 e. The molecule has 0 aromatic carbocycles. The van der Waals surface area contributed by atoms with Gasteiger partial charge in [-0.15, -0.1) is 0 Å². The van der Waals surface area contributed by atoms with Crippen LogP contribution in [0.3, 0.4) is 0 Å². The molecule has 12 nitrogen and oxygen atoms in total. The van der Waals surface area contributed by atoms with Gasteiger partial charge in [-0.25, -0.2) is 19.2 Å². The first-order chi connectivity index (χ1) is 18.9. The molecule has 2 aromatic rings. The summed E-state index contributed by atoms with van der Waals surface area (Å²) in [6.45, 7) is 4.38. The lowest BCUT2D eigenvalue weighted by molar-refractivity contribution is -0.177. The zero-order valence-corrected chi connectivity index (χ0v) is 23.1. The Bertz CT molecular complexity index is 1240. The standard InChI is InChI=1S/C27H36FN5O7/c1-26(2,3)40-25(36)33-14-16-8-23(39-15-38-4)30-11-17(16)10-27(33,37)21(34)13-31-24(35)19-9-22(29-12-20(19)28)32-18-6-5-7-18/h8-9,11-12,18,21,34,37H,5-7,10,13-15H2,1-4H3,(H,29,32)(H,31,35)/t21-,27+/m1/s1. The highest BCUT2D eigenvalue weighted by Gasteiger charge is 2.49. The molecule has 2 aliphatic rings. The Balaban J connectivity index is 1.52. The van der Waals surface area contributed by atoms with Gasteiger partial charge < -0.3 is 35.1 Å². The second kappa shape index (κ2) is 11.9. The van der Waals surface area contributed by atoms with Crippen LogP contribution in [-0.4, -0.2) is 81.0 Å². The van der Waals surface area contributed by atoms with Crippen LogP contribution in [-0.2, 0) is 22.4 Å². The van der Waals surface area contributed by atoms with Crippen molar-refractivity contribution in [3.8, 4) is 5.88 Å². The molecule has 2 atom stereocenters. The lowest BCUT2D eigenvalue weighted by Gasteiger charge is -2.46. The number of aliphatic hydroxyl groups excluding tert-OH is 1. The minimum Gasteiger partial charge on any atom is -0.451 e. The Hall–Kier alpha value is -3.55. The quantitative estimate of drug-likeness (QED) is 0.335. The van der Waals surface area contributed by atoms with Gasteiger partial charge >= 0.3 is 6.09 Å². The summed E-state index contributed by atoms with van der Waals surface area (Å²) in [5.41, 5.74) is -2.14. The van der Waals surface area contributed by atoms with Crippen molar-refractivity contribution in [1.29, 1.82) is 0 Å². The summed E-state index contributed by atoms with van der Waals surface area (Å²) in [4.78, 5) is 35.2. The van der Waals surface area contributed by atoms with Gasteiger partial charge in [0.2, 0.25) is 5.88 Å². The molecule has 40 heavy (non-hydrogen) atoms. The third-order valence-electron chi connectivity index (χ3n) is 6.79. The number of anilines is 1. The predicted molar refractivity (Wildman–Crippen MR) is 141 cm³/mol. The van der Waals surface area contributed by atoms with E-state index in [9.17, 15) is 24.2 Å². The summed E-state index contributed by atoms with van der Waals surface area (Å²) in [7, 11) is 1.47. The second-order valence-electron chi connectivity index (χ2n) is 11.0. The number of halogens is 1. The molecule has 0 radical (unpaired) electrons. The molecular formula is C27H36FN5O7. The Kier molecular flexibility index (Phi) is 8.76. The van der Waals surface area contributed by atoms with Crippen molar-refractivity contribution in [2.75, 3.05) is 25.8 Å². The van der Waals surface area contributed by atoms with Crippen LogP contribution in [0.4, 0.5) is 15.0 Å². The lowest BCUT2D eigenvalue weighted by atomic mass is 9.89. The highest BCUT2D eigenvalue weighted by molar-refractivity contribution is 5.95. The van der Waals surface area contributed by atoms with E-state index in [1.807, 2.05) is 0 Å². The number of ether oxygens (including phenoxy) is 3. The highest BCUT2D eigenvalue weighted by Crippen LogP contribution is 2.34. The number of nitrogens with one attached hydrogen (secondary N) is 2. The molecule has 0 bridgehead atoms. The number of carbonyl (C=O) groups is 2. The van der Waals surface area contributed by atoms with Crippen LogP contribution in [0.25, 0.3) is 0 Å². The van der Waals surface area contributed by atoms with Gasteiger partial charge in [0.1, 0.15) is 17.5 Å². The molecule has 2 amide bonds. The number of nitrogens with zero attached hydrogens (tertiary/aromatic N) is 3. The molecule has 1 aliphatic carbocycles. The number of carbonyl (C=O) groups excluding carboxylic acids is 2. The Morgan fingerprint density at radius 3 is 2.62 bits per heavy atom. The number of amides is 2. The molecule has 0 saturated heterocycles. The first kappa shape index (κ1) is 29.4. The smallest absolute Gasteiger partial charge is 0.412 e. The molecule has 1 fully saturated rings. The van der Waals surface area contributed by atoms with Crippen LogP contribution in [0.1, 0.15) is 61.5 Å². The van der Waals surface area contributed by atoms with Crippen LogP contribution < -0.4 is 15.4 Å². The topological polar surface area (TPSA) is 155 Å². The molecule has 0 unspecified atom stereocenters. The number of pyridine rings is 2. The third kappa shape index (κ3) is 6.77. The fourth-order valence-electron chi connectivity index (χ4n) is 4.43. The molecule has 1 aliphatic heterocycles. The molecule has 1 saturated carbocycles. The molecular weight excluding hydrogens is 525 g/mol. The van der Waals surface area contributed by atoms with Crippen molar-refractivity contribution >= 4 is 17.8 Å². The first-order valence-corrected chi connectivity index (χ1v) is 13.1. The number of hydrogen-bond donors (Lipinski definition) is 4. The predicted octanol–water partition coefficient (Wildman–Crippen LogP) is 2.34. The monoisotopic (exact) mass is 561 g/mol. The summed E-state index contributed by atoms with van der Waals surface area (Å²) < 4.78 is 30.2. The van der Waals surface area contributed by atoms with E-state index in [0.717, 1.165) is 30.4 Å². The maximum absolute atomic E-state index is 14.5. The normalized spacial score (nSPS) is 19.7. The minimum atomic E-state index is -2.17. The molecule has 2 aromatic heterocycles. The van der Waals surface area contributed by atoms with Crippen molar-refractivity contribution in [3.63, 3.8) is 0 Å². The zero-order chi connectivity index (χ0) is 29.1. The average Bonchev–Trinajstić information content (AvgIpc) is 2.87. The van der Waals surface area contributed by atoms with E-state index in [-0.39, 0.29) is 37.2 Å². The summed E-state index contributed by atoms with van der Waals surface area (Å²) >= 11 is 0. The van der Waals surface area contributed by atoms with Crippen molar-refractivity contribution in [2.24, 2.45) is 0 Å². The lowest BCUT2D eigenvalue weighted by Crippen LogP contribution is -2.64. The van der Waals surface area contributed by atoms with Crippen molar-refractivity contribution in [1.82, 2.24) is 20.2 Å². The highest BCUT2D eigenvalue weighted by atomic mass is 19.1. The van der Waals surface area contributed by atoms with Crippen LogP contribution in [0.2, 0.25) is 0 Å².